The Balaban J connectivity index is 2.50. The van der Waals surface area contributed by atoms with E-state index in [1.807, 2.05) is 0 Å². The maximum Gasteiger partial charge on any atom is 0.232 e. The van der Waals surface area contributed by atoms with Gasteiger partial charge in [0.2, 0.25) is 10.0 Å². The number of anilines is 1. The number of unbranched alkanes of at least 4 members (excludes halogenated alkanes) is 1. The fourth-order valence-corrected chi connectivity index (χ4v) is 3.43. The molecule has 0 aliphatic carbocycles. The smallest absolute Gasteiger partial charge is 0.232 e. The van der Waals surface area contributed by atoms with Crippen LogP contribution in [0.2, 0.25) is 10.0 Å². The lowest BCUT2D eigenvalue weighted by Crippen LogP contribution is -2.24. The van der Waals surface area contributed by atoms with E-state index in [4.69, 9.17) is 23.2 Å². The van der Waals surface area contributed by atoms with E-state index in [1.165, 1.54) is 0 Å². The van der Waals surface area contributed by atoms with Crippen LogP contribution in [0, 0.1) is 0 Å². The standard InChI is InChI=1S/C13H20Cl2N2O2S/c1-10(2)16-8-3-4-9-20(18,19)17-13-11(14)6-5-7-12(13)15/h5-7,10,16-17H,3-4,8-9H2,1-2H3. The Labute approximate surface area is 130 Å². The summed E-state index contributed by atoms with van der Waals surface area (Å²) in [6.45, 7) is 4.91. The highest BCUT2D eigenvalue weighted by Gasteiger charge is 2.14. The van der Waals surface area contributed by atoms with E-state index >= 15 is 0 Å². The van der Waals surface area contributed by atoms with Crippen LogP contribution in [0.25, 0.3) is 0 Å². The van der Waals surface area contributed by atoms with E-state index in [0.717, 1.165) is 13.0 Å². The van der Waals surface area contributed by atoms with E-state index in [1.54, 1.807) is 18.2 Å². The van der Waals surface area contributed by atoms with Crippen LogP contribution in [0.3, 0.4) is 0 Å². The predicted octanol–water partition coefficient (Wildman–Crippen LogP) is 3.51. The molecule has 7 heteroatoms. The maximum absolute atomic E-state index is 12.0. The third-order valence-electron chi connectivity index (χ3n) is 2.61. The van der Waals surface area contributed by atoms with E-state index in [-0.39, 0.29) is 11.4 Å². The van der Waals surface area contributed by atoms with Crippen LogP contribution in [-0.4, -0.2) is 26.8 Å². The molecule has 0 saturated carbocycles. The van der Waals surface area contributed by atoms with Crippen molar-refractivity contribution in [2.45, 2.75) is 32.7 Å². The van der Waals surface area contributed by atoms with Crippen molar-refractivity contribution in [2.75, 3.05) is 17.0 Å². The molecule has 4 nitrogen and oxygen atoms in total. The minimum Gasteiger partial charge on any atom is -0.315 e. The molecular weight excluding hydrogens is 319 g/mol. The molecule has 114 valence electrons. The first-order valence-electron chi connectivity index (χ1n) is 6.50. The molecule has 0 fully saturated rings. The molecule has 1 rings (SSSR count). The minimum absolute atomic E-state index is 0.0499. The third kappa shape index (κ3) is 6.31. The second-order valence-electron chi connectivity index (χ2n) is 4.83. The summed E-state index contributed by atoms with van der Waals surface area (Å²) in [5.41, 5.74) is 0.246. The SMILES string of the molecule is CC(C)NCCCCS(=O)(=O)Nc1c(Cl)cccc1Cl. The Kier molecular flexibility index (Phi) is 7.09. The van der Waals surface area contributed by atoms with Gasteiger partial charge in [-0.1, -0.05) is 43.1 Å². The van der Waals surface area contributed by atoms with Gasteiger partial charge in [-0.15, -0.1) is 0 Å². The zero-order chi connectivity index (χ0) is 15.2. The molecule has 2 N–H and O–H groups in total. The average Bonchev–Trinajstić information content (AvgIpc) is 2.33. The van der Waals surface area contributed by atoms with E-state index in [0.29, 0.717) is 22.5 Å². The van der Waals surface area contributed by atoms with Crippen LogP contribution < -0.4 is 10.0 Å². The van der Waals surface area contributed by atoms with Crippen LogP contribution in [0.15, 0.2) is 18.2 Å². The number of hydrogen-bond donors (Lipinski definition) is 2. The summed E-state index contributed by atoms with van der Waals surface area (Å²) in [4.78, 5) is 0. The van der Waals surface area contributed by atoms with Crippen molar-refractivity contribution in [3.8, 4) is 0 Å². The highest BCUT2D eigenvalue weighted by Crippen LogP contribution is 2.30. The van der Waals surface area contributed by atoms with Gasteiger partial charge >= 0.3 is 0 Å². The second-order valence-corrected chi connectivity index (χ2v) is 7.49. The van der Waals surface area contributed by atoms with Gasteiger partial charge in [0.05, 0.1) is 21.5 Å². The van der Waals surface area contributed by atoms with Gasteiger partial charge in [-0.25, -0.2) is 8.42 Å². The first-order chi connectivity index (χ1) is 9.32. The Morgan fingerprint density at radius 1 is 1.15 bits per heavy atom. The summed E-state index contributed by atoms with van der Waals surface area (Å²) in [7, 11) is -3.43. The Morgan fingerprint density at radius 2 is 1.75 bits per heavy atom. The summed E-state index contributed by atoms with van der Waals surface area (Å²) in [5.74, 6) is 0.0499. The summed E-state index contributed by atoms with van der Waals surface area (Å²) >= 11 is 11.9. The van der Waals surface area contributed by atoms with Gasteiger partial charge in [0.25, 0.3) is 0 Å². The molecule has 0 aliphatic rings. The zero-order valence-corrected chi connectivity index (χ0v) is 13.9. The van der Waals surface area contributed by atoms with Gasteiger partial charge in [-0.05, 0) is 31.5 Å². The maximum atomic E-state index is 12.0. The number of halogens is 2. The zero-order valence-electron chi connectivity index (χ0n) is 11.6. The lowest BCUT2D eigenvalue weighted by molar-refractivity contribution is 0.561. The predicted molar refractivity (Wildman–Crippen MR) is 86.2 cm³/mol. The molecule has 0 spiro atoms. The lowest BCUT2D eigenvalue weighted by atomic mass is 10.3. The van der Waals surface area contributed by atoms with Crippen molar-refractivity contribution in [3.63, 3.8) is 0 Å². The van der Waals surface area contributed by atoms with Crippen molar-refractivity contribution in [3.05, 3.63) is 28.2 Å². The Morgan fingerprint density at radius 3 is 2.30 bits per heavy atom. The summed E-state index contributed by atoms with van der Waals surface area (Å²) in [6, 6.07) is 5.27. The van der Waals surface area contributed by atoms with Crippen LogP contribution in [0.1, 0.15) is 26.7 Å². The largest absolute Gasteiger partial charge is 0.315 e. The fraction of sp³-hybridized carbons (Fsp3) is 0.538. The molecule has 0 unspecified atom stereocenters. The van der Waals surface area contributed by atoms with Gasteiger partial charge in [0.1, 0.15) is 0 Å². The van der Waals surface area contributed by atoms with Crippen LogP contribution in [0.5, 0.6) is 0 Å². The number of benzene rings is 1. The topological polar surface area (TPSA) is 58.2 Å². The number of para-hydroxylation sites is 1. The van der Waals surface area contributed by atoms with Crippen LogP contribution in [-0.2, 0) is 10.0 Å². The normalized spacial score (nSPS) is 11.8. The van der Waals surface area contributed by atoms with Crippen molar-refractivity contribution in [1.29, 1.82) is 0 Å². The fourth-order valence-electron chi connectivity index (χ4n) is 1.61. The molecule has 0 radical (unpaired) electrons. The highest BCUT2D eigenvalue weighted by atomic mass is 35.5. The molecule has 0 bridgehead atoms. The van der Waals surface area contributed by atoms with Gasteiger partial charge < -0.3 is 5.32 Å². The first kappa shape index (κ1) is 17.6. The number of sulfonamides is 1. The molecule has 0 aromatic heterocycles. The minimum atomic E-state index is -3.43. The number of rotatable bonds is 8. The van der Waals surface area contributed by atoms with Gasteiger partial charge in [-0.3, -0.25) is 4.72 Å². The van der Waals surface area contributed by atoms with Crippen molar-refractivity contribution in [1.82, 2.24) is 5.32 Å². The Hall–Kier alpha value is -0.490. The van der Waals surface area contributed by atoms with E-state index in [9.17, 15) is 8.42 Å². The number of nitrogens with one attached hydrogen (secondary N) is 2. The van der Waals surface area contributed by atoms with E-state index < -0.39 is 10.0 Å². The van der Waals surface area contributed by atoms with Crippen molar-refractivity contribution in [2.24, 2.45) is 0 Å². The Bertz CT molecular complexity index is 513. The van der Waals surface area contributed by atoms with Gasteiger partial charge in [-0.2, -0.15) is 0 Å². The molecule has 0 saturated heterocycles. The second kappa shape index (κ2) is 8.08. The first-order valence-corrected chi connectivity index (χ1v) is 8.90. The van der Waals surface area contributed by atoms with Gasteiger partial charge in [0.15, 0.2) is 0 Å². The molecule has 1 aromatic carbocycles. The monoisotopic (exact) mass is 338 g/mol. The van der Waals surface area contributed by atoms with Crippen LogP contribution in [0.4, 0.5) is 5.69 Å². The quantitative estimate of drug-likeness (QED) is 0.713. The molecule has 1 aromatic rings. The van der Waals surface area contributed by atoms with Crippen molar-refractivity contribution >= 4 is 38.9 Å². The van der Waals surface area contributed by atoms with Crippen LogP contribution >= 0.6 is 23.2 Å². The van der Waals surface area contributed by atoms with Crippen molar-refractivity contribution < 1.29 is 8.42 Å². The summed E-state index contributed by atoms with van der Waals surface area (Å²) < 4.78 is 26.3. The highest BCUT2D eigenvalue weighted by molar-refractivity contribution is 7.92. The summed E-state index contributed by atoms with van der Waals surface area (Å²) in [6.07, 6.45) is 1.38. The third-order valence-corrected chi connectivity index (χ3v) is 4.58. The molecule has 0 atom stereocenters. The lowest BCUT2D eigenvalue weighted by Gasteiger charge is -2.11. The molecule has 20 heavy (non-hydrogen) atoms. The summed E-state index contributed by atoms with van der Waals surface area (Å²) in [5, 5.41) is 3.83. The van der Waals surface area contributed by atoms with Gasteiger partial charge in [0, 0.05) is 6.04 Å². The average molecular weight is 339 g/mol. The molecule has 0 heterocycles. The molecule has 0 aliphatic heterocycles. The molecular formula is C13H20Cl2N2O2S. The molecule has 0 amide bonds. The number of hydrogen-bond acceptors (Lipinski definition) is 3. The van der Waals surface area contributed by atoms with E-state index in [2.05, 4.69) is 23.9 Å².